The molecular formula is C3H6NS+. The molecule has 5 heavy (non-hydrogen) atoms. The summed E-state index contributed by atoms with van der Waals surface area (Å²) in [6.45, 7) is 1.03. The van der Waals surface area contributed by atoms with Crippen LogP contribution in [0.3, 0.4) is 0 Å². The van der Waals surface area contributed by atoms with Gasteiger partial charge < -0.3 is 0 Å². The first-order valence-electron chi connectivity index (χ1n) is 1.60. The van der Waals surface area contributed by atoms with E-state index >= 15 is 0 Å². The van der Waals surface area contributed by atoms with Gasteiger partial charge in [-0.25, -0.2) is 0 Å². The first-order valence-corrected chi connectivity index (χ1v) is 2.65. The predicted molar refractivity (Wildman–Crippen MR) is 26.9 cm³/mol. The smallest absolute Gasteiger partial charge is 0.285 e. The molecule has 0 saturated heterocycles. The van der Waals surface area contributed by atoms with Crippen molar-refractivity contribution >= 4 is 17.3 Å². The highest BCUT2D eigenvalue weighted by Crippen LogP contribution is 1.99. The fraction of sp³-hybridized carbons (Fsp3) is 0.667. The number of hydrogen-bond donors (Lipinski definition) is 0. The van der Waals surface area contributed by atoms with Crippen LogP contribution in [0.1, 0.15) is 1.43 Å². The fourth-order valence-electron chi connectivity index (χ4n) is 0.264. The van der Waals surface area contributed by atoms with Gasteiger partial charge in [0.05, 0.1) is 5.55 Å². The molecule has 1 heterocycles. The molecule has 0 spiro atoms. The molecule has 0 fully saturated rings. The van der Waals surface area contributed by atoms with E-state index in [1.165, 1.54) is 5.75 Å². The van der Waals surface area contributed by atoms with Crippen LogP contribution in [0.5, 0.6) is 0 Å². The van der Waals surface area contributed by atoms with E-state index in [0.29, 0.717) is 0 Å². The summed E-state index contributed by atoms with van der Waals surface area (Å²) in [4.78, 5) is 3.92. The summed E-state index contributed by atoms with van der Waals surface area (Å²) in [5.74, 6) is 1.19. The fourth-order valence-corrected chi connectivity index (χ4v) is 0.791. The van der Waals surface area contributed by atoms with Crippen molar-refractivity contribution in [2.75, 3.05) is 12.3 Å². The monoisotopic (exact) mass is 88.0 g/mol. The summed E-state index contributed by atoms with van der Waals surface area (Å²) in [6, 6.07) is 0. The van der Waals surface area contributed by atoms with Gasteiger partial charge in [0.15, 0.2) is 0 Å². The summed E-state index contributed by atoms with van der Waals surface area (Å²) in [5.41, 5.74) is 1.90. The first kappa shape index (κ1) is 3.22. The molecule has 2 heteroatoms. The van der Waals surface area contributed by atoms with Gasteiger partial charge in [-0.05, 0) is 0 Å². The summed E-state index contributed by atoms with van der Waals surface area (Å²) in [7, 11) is 0. The second-order valence-corrected chi connectivity index (χ2v) is 1.83. The Hall–Kier alpha value is 0.0200. The van der Waals surface area contributed by atoms with E-state index in [4.69, 9.17) is 0 Å². The van der Waals surface area contributed by atoms with E-state index in [1.807, 2.05) is 5.55 Å². The van der Waals surface area contributed by atoms with Crippen LogP contribution in [0, 0.1) is 0 Å². The third-order valence-corrected chi connectivity index (χ3v) is 1.20. The Kier molecular flexibility index (Phi) is 0.937. The third kappa shape index (κ3) is 0.651. The lowest BCUT2D eigenvalue weighted by molar-refractivity contribution is 1.18. The zero-order chi connectivity index (χ0) is 3.54. The molecule has 1 aliphatic rings. The third-order valence-electron chi connectivity index (χ3n) is 0.487. The van der Waals surface area contributed by atoms with Gasteiger partial charge >= 0.3 is 1.43 Å². The average molecular weight is 88.2 g/mol. The quantitative estimate of drug-likeness (QED) is 0.428. The maximum atomic E-state index is 3.92. The highest BCUT2D eigenvalue weighted by atomic mass is 32.2. The van der Waals surface area contributed by atoms with Gasteiger partial charge in [-0.15, -0.1) is 11.8 Å². The van der Waals surface area contributed by atoms with Crippen LogP contribution in [0.2, 0.25) is 0 Å². The number of nitrogens with zero attached hydrogens (tertiary/aromatic N) is 1. The van der Waals surface area contributed by atoms with Crippen molar-refractivity contribution in [1.29, 1.82) is 0 Å². The number of thioether (sulfide) groups is 1. The standard InChI is InChI=1S/C3H5NS/c1-2-5-3-4-1/h3H,1-2H2/p+1. The topological polar surface area (TPSA) is 12.4 Å². The van der Waals surface area contributed by atoms with E-state index in [1.54, 1.807) is 11.8 Å². The van der Waals surface area contributed by atoms with Crippen molar-refractivity contribution in [3.05, 3.63) is 0 Å². The normalized spacial score (nSPS) is 20.8. The first-order chi connectivity index (χ1) is 2.50. The van der Waals surface area contributed by atoms with E-state index < -0.39 is 0 Å². The molecular weight excluding hydrogens is 82.1 g/mol. The Balaban J connectivity index is 0.000000250. The SMILES string of the molecule is C1=NCCS1.[H+]. The molecule has 0 amide bonds. The van der Waals surface area contributed by atoms with Gasteiger partial charge in [-0.3, -0.25) is 4.99 Å². The molecule has 1 aliphatic heterocycles. The summed E-state index contributed by atoms with van der Waals surface area (Å²) in [5, 5.41) is 0. The van der Waals surface area contributed by atoms with Crippen molar-refractivity contribution < 1.29 is 1.43 Å². The Morgan fingerprint density at radius 3 is 3.20 bits per heavy atom. The van der Waals surface area contributed by atoms with E-state index in [0.717, 1.165) is 6.54 Å². The minimum atomic E-state index is 0. The zero-order valence-electron chi connectivity index (χ0n) is 3.85. The van der Waals surface area contributed by atoms with Gasteiger partial charge in [0.1, 0.15) is 0 Å². The average Bonchev–Trinajstić information content (AvgIpc) is 1.76. The maximum absolute atomic E-state index is 3.92. The van der Waals surface area contributed by atoms with Gasteiger partial charge in [0, 0.05) is 12.3 Å². The van der Waals surface area contributed by atoms with Crippen LogP contribution >= 0.6 is 11.8 Å². The van der Waals surface area contributed by atoms with Crippen LogP contribution in [-0.4, -0.2) is 17.8 Å². The predicted octanol–water partition coefficient (Wildman–Crippen LogP) is 0.874. The van der Waals surface area contributed by atoms with Crippen LogP contribution in [0.15, 0.2) is 4.99 Å². The molecule has 28 valence electrons. The van der Waals surface area contributed by atoms with Gasteiger partial charge in [-0.2, -0.15) is 0 Å². The van der Waals surface area contributed by atoms with Crippen molar-refractivity contribution in [1.82, 2.24) is 0 Å². The second kappa shape index (κ2) is 1.45. The van der Waals surface area contributed by atoms with E-state index in [-0.39, 0.29) is 1.43 Å². The maximum Gasteiger partial charge on any atom is 1.00 e. The number of rotatable bonds is 0. The minimum Gasteiger partial charge on any atom is -0.285 e. The lowest BCUT2D eigenvalue weighted by atomic mass is 10.8. The molecule has 0 atom stereocenters. The summed E-state index contributed by atoms with van der Waals surface area (Å²) in [6.07, 6.45) is 0. The molecule has 1 nitrogen and oxygen atoms in total. The van der Waals surface area contributed by atoms with Crippen molar-refractivity contribution in [3.63, 3.8) is 0 Å². The highest BCUT2D eigenvalue weighted by Gasteiger charge is 1.86. The Morgan fingerprint density at radius 1 is 2.00 bits per heavy atom. The van der Waals surface area contributed by atoms with Crippen LogP contribution in [-0.2, 0) is 0 Å². The van der Waals surface area contributed by atoms with Crippen LogP contribution < -0.4 is 0 Å². The van der Waals surface area contributed by atoms with Crippen LogP contribution in [0.25, 0.3) is 0 Å². The molecule has 0 unspecified atom stereocenters. The highest BCUT2D eigenvalue weighted by molar-refractivity contribution is 8.12. The molecule has 0 aliphatic carbocycles. The zero-order valence-corrected chi connectivity index (χ0v) is 3.66. The Labute approximate surface area is 37.0 Å². The summed E-state index contributed by atoms with van der Waals surface area (Å²) < 4.78 is 0. The Morgan fingerprint density at radius 2 is 3.00 bits per heavy atom. The lowest BCUT2D eigenvalue weighted by Crippen LogP contribution is -1.69. The van der Waals surface area contributed by atoms with Crippen molar-refractivity contribution in [2.24, 2.45) is 4.99 Å². The second-order valence-electron chi connectivity index (χ2n) is 0.882. The minimum absolute atomic E-state index is 0. The number of hydrogen-bond acceptors (Lipinski definition) is 2. The van der Waals surface area contributed by atoms with Gasteiger partial charge in [-0.1, -0.05) is 0 Å². The molecule has 0 radical (unpaired) electrons. The largest absolute Gasteiger partial charge is 1.00 e. The molecule has 1 rings (SSSR count). The van der Waals surface area contributed by atoms with Crippen LogP contribution in [0.4, 0.5) is 0 Å². The van der Waals surface area contributed by atoms with Crippen molar-refractivity contribution in [3.8, 4) is 0 Å². The molecule has 0 N–H and O–H groups in total. The van der Waals surface area contributed by atoms with Gasteiger partial charge in [0.25, 0.3) is 0 Å². The van der Waals surface area contributed by atoms with E-state index in [2.05, 4.69) is 4.99 Å². The molecule has 0 aromatic carbocycles. The molecule has 0 saturated carbocycles. The summed E-state index contributed by atoms with van der Waals surface area (Å²) >= 11 is 1.78. The van der Waals surface area contributed by atoms with Crippen molar-refractivity contribution in [2.45, 2.75) is 0 Å². The number of aliphatic imine (C=N–C) groups is 1. The van der Waals surface area contributed by atoms with E-state index in [9.17, 15) is 0 Å². The Bertz CT molecular complexity index is 48.8. The van der Waals surface area contributed by atoms with Gasteiger partial charge in [0.2, 0.25) is 0 Å². The molecule has 0 bridgehead atoms. The molecule has 0 aromatic heterocycles. The molecule has 0 aromatic rings. The lowest BCUT2D eigenvalue weighted by Gasteiger charge is -1.67.